The van der Waals surface area contributed by atoms with Crippen LogP contribution >= 0.6 is 11.3 Å². The van der Waals surface area contributed by atoms with Crippen molar-refractivity contribution in [2.24, 2.45) is 5.92 Å². The molecule has 2 amide bonds. The van der Waals surface area contributed by atoms with Crippen molar-refractivity contribution in [2.45, 2.75) is 96.1 Å². The van der Waals surface area contributed by atoms with Crippen LogP contribution in [0.3, 0.4) is 0 Å². The van der Waals surface area contributed by atoms with Crippen LogP contribution in [0.25, 0.3) is 0 Å². The Bertz CT molecular complexity index is 1320. The highest BCUT2D eigenvalue weighted by molar-refractivity contribution is 7.10. The van der Waals surface area contributed by atoms with Gasteiger partial charge in [-0.1, -0.05) is 31.4 Å². The van der Waals surface area contributed by atoms with Gasteiger partial charge in [0, 0.05) is 37.7 Å². The average Bonchev–Trinajstić information content (AvgIpc) is 3.65. The summed E-state index contributed by atoms with van der Waals surface area (Å²) in [4.78, 5) is 50.2. The maximum atomic E-state index is 14.6. The lowest BCUT2D eigenvalue weighted by molar-refractivity contribution is -0.141. The number of piperazine rings is 1. The van der Waals surface area contributed by atoms with E-state index in [-0.39, 0.29) is 35.8 Å². The number of carbonyl (C=O) groups is 3. The number of amides is 2. The van der Waals surface area contributed by atoms with E-state index in [4.69, 9.17) is 19.2 Å². The van der Waals surface area contributed by atoms with Gasteiger partial charge in [-0.15, -0.1) is 11.3 Å². The number of benzene rings is 1. The van der Waals surface area contributed by atoms with Gasteiger partial charge in [0.25, 0.3) is 0 Å². The highest BCUT2D eigenvalue weighted by Gasteiger charge is 2.46. The fourth-order valence-corrected chi connectivity index (χ4v) is 7.72. The van der Waals surface area contributed by atoms with Gasteiger partial charge in [0.2, 0.25) is 11.7 Å². The summed E-state index contributed by atoms with van der Waals surface area (Å²) in [5.74, 6) is 0.189. The Morgan fingerprint density at radius 2 is 1.84 bits per heavy atom. The predicted octanol–water partition coefficient (Wildman–Crippen LogP) is 5.22. The average molecular weight is 627 g/mol. The topological polar surface area (TPSA) is 110 Å². The van der Waals surface area contributed by atoms with Crippen LogP contribution in [0.15, 0.2) is 29.6 Å². The predicted molar refractivity (Wildman–Crippen MR) is 168 cm³/mol. The zero-order valence-corrected chi connectivity index (χ0v) is 27.4. The fourth-order valence-electron chi connectivity index (χ4n) is 6.81. The molecule has 44 heavy (non-hydrogen) atoms. The fraction of sp³-hybridized carbons (Fsp3) is 0.636. The summed E-state index contributed by atoms with van der Waals surface area (Å²) in [6, 6.07) is 6.20. The zero-order valence-electron chi connectivity index (χ0n) is 26.5. The van der Waals surface area contributed by atoms with Crippen LogP contribution in [0.4, 0.5) is 4.79 Å². The number of alkyl carbamates (subject to hydrolysis) is 1. The number of rotatable bonds is 9. The molecular formula is C33H46N4O6S. The maximum Gasteiger partial charge on any atom is 0.408 e. The molecule has 0 radical (unpaired) electrons. The van der Waals surface area contributed by atoms with Gasteiger partial charge in [0.05, 0.1) is 24.8 Å². The number of hydrogen-bond donors (Lipinski definition) is 1. The van der Waals surface area contributed by atoms with Gasteiger partial charge in [-0.25, -0.2) is 9.78 Å². The van der Waals surface area contributed by atoms with E-state index in [1.165, 1.54) is 11.3 Å². The molecule has 1 N–H and O–H groups in total. The van der Waals surface area contributed by atoms with Crippen molar-refractivity contribution in [3.63, 3.8) is 0 Å². The number of nitrogens with zero attached hydrogens (tertiary/aromatic N) is 3. The van der Waals surface area contributed by atoms with E-state index in [9.17, 15) is 14.4 Å². The lowest BCUT2D eigenvalue weighted by Crippen LogP contribution is -2.60. The van der Waals surface area contributed by atoms with Gasteiger partial charge in [0.1, 0.15) is 28.1 Å². The normalized spacial score (nSPS) is 23.6. The standard InChI is InChI=1S/C33H46N4O6S/c1-6-42-23-16-22-17-37(31(39)28(21-12-8-7-9-13-21)35-32(40)43-33(2,3)4)26(19-36(22)18-23)30-34-25(20-44-30)29(38)24-14-10-11-15-27(24)41-5/h10-11,14-15,20-23,26,28H,6-9,12-13,16-19H2,1-5H3,(H,35,40)/t22-,23-,26+,28+/m1/s1. The number of methoxy groups -OCH3 is 1. The molecule has 0 bridgehead atoms. The van der Waals surface area contributed by atoms with Crippen LogP contribution in [0.2, 0.25) is 0 Å². The van der Waals surface area contributed by atoms with Gasteiger partial charge in [0.15, 0.2) is 0 Å². The Hall–Kier alpha value is -3.02. The molecule has 3 heterocycles. The monoisotopic (exact) mass is 626 g/mol. The lowest BCUT2D eigenvalue weighted by atomic mass is 9.83. The number of nitrogens with one attached hydrogen (secondary N) is 1. The van der Waals surface area contributed by atoms with E-state index in [0.29, 0.717) is 41.7 Å². The molecule has 0 spiro atoms. The van der Waals surface area contributed by atoms with E-state index in [1.54, 1.807) is 30.7 Å². The number of thiazole rings is 1. The summed E-state index contributed by atoms with van der Waals surface area (Å²) >= 11 is 1.39. The second kappa shape index (κ2) is 14.0. The number of carbonyl (C=O) groups excluding carboxylic acids is 3. The van der Waals surface area contributed by atoms with Crippen molar-refractivity contribution in [1.29, 1.82) is 0 Å². The van der Waals surface area contributed by atoms with Crippen LogP contribution in [0.5, 0.6) is 5.75 Å². The number of aromatic nitrogens is 1. The third-order valence-electron chi connectivity index (χ3n) is 8.82. The van der Waals surface area contributed by atoms with Crippen molar-refractivity contribution in [3.8, 4) is 5.75 Å². The van der Waals surface area contributed by atoms with Gasteiger partial charge in [-0.3, -0.25) is 14.5 Å². The smallest absolute Gasteiger partial charge is 0.408 e. The van der Waals surface area contributed by atoms with Crippen LogP contribution in [-0.2, 0) is 14.3 Å². The number of fused-ring (bicyclic) bond motifs is 1. The van der Waals surface area contributed by atoms with Crippen LogP contribution in [0, 0.1) is 5.92 Å². The minimum absolute atomic E-state index is 0.0289. The quantitative estimate of drug-likeness (QED) is 0.378. The summed E-state index contributed by atoms with van der Waals surface area (Å²) in [6.07, 6.45) is 5.31. The molecule has 3 aliphatic rings. The summed E-state index contributed by atoms with van der Waals surface area (Å²) in [5.41, 5.74) is 0.0943. The van der Waals surface area contributed by atoms with Crippen molar-refractivity contribution >= 4 is 29.1 Å². The molecule has 10 nitrogen and oxygen atoms in total. The van der Waals surface area contributed by atoms with Gasteiger partial charge < -0.3 is 24.4 Å². The second-order valence-corrected chi connectivity index (χ2v) is 13.9. The maximum absolute atomic E-state index is 14.6. The molecule has 2 saturated heterocycles. The molecule has 11 heteroatoms. The van der Waals surface area contributed by atoms with Gasteiger partial charge in [-0.2, -0.15) is 0 Å². The summed E-state index contributed by atoms with van der Waals surface area (Å²) in [5, 5.41) is 5.45. The van der Waals surface area contributed by atoms with Crippen LogP contribution < -0.4 is 10.1 Å². The molecule has 4 atom stereocenters. The highest BCUT2D eigenvalue weighted by Crippen LogP contribution is 2.37. The molecule has 2 aliphatic heterocycles. The Balaban J connectivity index is 1.45. The van der Waals surface area contributed by atoms with Gasteiger partial charge >= 0.3 is 6.09 Å². The molecule has 1 aromatic heterocycles. The number of ether oxygens (including phenoxy) is 3. The Labute approximate surface area is 264 Å². The summed E-state index contributed by atoms with van der Waals surface area (Å²) in [7, 11) is 1.54. The first-order valence-corrected chi connectivity index (χ1v) is 16.7. The zero-order chi connectivity index (χ0) is 31.4. The molecule has 2 aromatic rings. The first-order valence-electron chi connectivity index (χ1n) is 15.9. The SMILES string of the molecule is CCO[C@@H]1C[C@@H]2CN(C(=O)[C@@H](NC(=O)OC(C)(C)C)C3CCCCC3)[C@H](c3nc(C(=O)c4ccccc4OC)cs3)CN2C1. The van der Waals surface area contributed by atoms with Crippen molar-refractivity contribution in [2.75, 3.05) is 33.4 Å². The minimum Gasteiger partial charge on any atom is -0.496 e. The van der Waals surface area contributed by atoms with Crippen molar-refractivity contribution in [1.82, 2.24) is 20.1 Å². The van der Waals surface area contributed by atoms with Crippen LogP contribution in [-0.4, -0.2) is 89.7 Å². The summed E-state index contributed by atoms with van der Waals surface area (Å²) < 4.78 is 17.0. The number of hydrogen-bond acceptors (Lipinski definition) is 9. The third kappa shape index (κ3) is 7.43. The molecule has 1 aromatic carbocycles. The second-order valence-electron chi connectivity index (χ2n) is 13.0. The first-order chi connectivity index (χ1) is 21.1. The third-order valence-corrected chi connectivity index (χ3v) is 9.76. The Kier molecular flexibility index (Phi) is 10.3. The number of ketones is 1. The Morgan fingerprint density at radius 1 is 1.09 bits per heavy atom. The molecular weight excluding hydrogens is 580 g/mol. The molecule has 1 aliphatic carbocycles. The van der Waals surface area contributed by atoms with E-state index >= 15 is 0 Å². The van der Waals surface area contributed by atoms with Crippen LogP contribution in [0.1, 0.15) is 93.3 Å². The minimum atomic E-state index is -0.696. The summed E-state index contributed by atoms with van der Waals surface area (Å²) in [6.45, 7) is 9.98. The lowest BCUT2D eigenvalue weighted by Gasteiger charge is -2.45. The molecule has 240 valence electrons. The van der Waals surface area contributed by atoms with Gasteiger partial charge in [-0.05, 0) is 65.0 Å². The molecule has 5 rings (SSSR count). The van der Waals surface area contributed by atoms with E-state index < -0.39 is 17.7 Å². The molecule has 0 unspecified atom stereocenters. The molecule has 1 saturated carbocycles. The van der Waals surface area contributed by atoms with Crippen molar-refractivity contribution in [3.05, 3.63) is 45.9 Å². The Morgan fingerprint density at radius 3 is 2.55 bits per heavy atom. The molecule has 3 fully saturated rings. The highest BCUT2D eigenvalue weighted by atomic mass is 32.1. The van der Waals surface area contributed by atoms with E-state index in [0.717, 1.165) is 45.1 Å². The van der Waals surface area contributed by atoms with Crippen molar-refractivity contribution < 1.29 is 28.6 Å². The van der Waals surface area contributed by atoms with E-state index in [2.05, 4.69) is 10.2 Å². The number of para-hydroxylation sites is 1. The first kappa shape index (κ1) is 32.4. The van der Waals surface area contributed by atoms with E-state index in [1.807, 2.05) is 38.7 Å². The largest absolute Gasteiger partial charge is 0.496 e.